The van der Waals surface area contributed by atoms with Crippen LogP contribution in [0.15, 0.2) is 36.7 Å². The van der Waals surface area contributed by atoms with Crippen LogP contribution < -0.4 is 4.74 Å². The molecular formula is C18H22N4O3. The van der Waals surface area contributed by atoms with Gasteiger partial charge in [0, 0.05) is 51.6 Å². The normalized spacial score (nSPS) is 17.5. The quantitative estimate of drug-likeness (QED) is 0.847. The van der Waals surface area contributed by atoms with Gasteiger partial charge >= 0.3 is 0 Å². The summed E-state index contributed by atoms with van der Waals surface area (Å²) >= 11 is 0. The average molecular weight is 342 g/mol. The maximum absolute atomic E-state index is 13.0. The highest BCUT2D eigenvalue weighted by Gasteiger charge is 2.35. The molecule has 2 amide bonds. The molecule has 7 nitrogen and oxygen atoms in total. The van der Waals surface area contributed by atoms with Crippen molar-refractivity contribution in [3.05, 3.63) is 48.0 Å². The molecule has 1 aromatic heterocycles. The molecule has 0 saturated carbocycles. The predicted octanol–water partition coefficient (Wildman–Crippen LogP) is 1.47. The summed E-state index contributed by atoms with van der Waals surface area (Å²) in [7, 11) is 3.40. The minimum atomic E-state index is -0.280. The van der Waals surface area contributed by atoms with Gasteiger partial charge in [0.15, 0.2) is 5.82 Å². The van der Waals surface area contributed by atoms with Crippen molar-refractivity contribution in [2.75, 3.05) is 26.7 Å². The van der Waals surface area contributed by atoms with Crippen molar-refractivity contribution >= 4 is 11.8 Å². The van der Waals surface area contributed by atoms with E-state index in [-0.39, 0.29) is 17.9 Å². The number of carbonyl (C=O) groups excluding carboxylic acids is 2. The summed E-state index contributed by atoms with van der Waals surface area (Å²) in [6, 6.07) is 7.32. The Kier molecular flexibility index (Phi) is 4.74. The lowest BCUT2D eigenvalue weighted by atomic mass is 10.0. The number of hydrogen-bond donors (Lipinski definition) is 0. The first-order valence-electron chi connectivity index (χ1n) is 8.19. The number of aromatic nitrogens is 2. The number of para-hydroxylation sites is 1. The Morgan fingerprint density at radius 2 is 2.00 bits per heavy atom. The molecule has 0 spiro atoms. The fraction of sp³-hybridized carbons (Fsp3) is 0.389. The van der Waals surface area contributed by atoms with Crippen LogP contribution in [0.25, 0.3) is 0 Å². The zero-order chi connectivity index (χ0) is 18.0. The highest BCUT2D eigenvalue weighted by Crippen LogP contribution is 2.33. The molecule has 1 saturated heterocycles. The summed E-state index contributed by atoms with van der Waals surface area (Å²) in [6.45, 7) is 2.95. The molecule has 1 unspecified atom stereocenters. The summed E-state index contributed by atoms with van der Waals surface area (Å²) < 4.78 is 7.18. The highest BCUT2D eigenvalue weighted by molar-refractivity contribution is 5.91. The number of hydrogen-bond acceptors (Lipinski definition) is 4. The number of aryl methyl sites for hydroxylation is 1. The Balaban J connectivity index is 1.99. The van der Waals surface area contributed by atoms with Crippen LogP contribution in [-0.2, 0) is 11.8 Å². The number of piperazine rings is 1. The van der Waals surface area contributed by atoms with Gasteiger partial charge in [-0.1, -0.05) is 18.2 Å². The molecule has 0 radical (unpaired) electrons. The molecule has 3 rings (SSSR count). The van der Waals surface area contributed by atoms with Gasteiger partial charge in [0.25, 0.3) is 5.91 Å². The molecular weight excluding hydrogens is 320 g/mol. The number of benzene rings is 1. The molecule has 2 heterocycles. The predicted molar refractivity (Wildman–Crippen MR) is 92.2 cm³/mol. The zero-order valence-electron chi connectivity index (χ0n) is 14.7. The molecule has 0 aliphatic carbocycles. The van der Waals surface area contributed by atoms with E-state index in [9.17, 15) is 9.59 Å². The summed E-state index contributed by atoms with van der Waals surface area (Å²) in [5.74, 6) is 0.947. The fourth-order valence-electron chi connectivity index (χ4n) is 3.22. The number of methoxy groups -OCH3 is 1. The van der Waals surface area contributed by atoms with Gasteiger partial charge < -0.3 is 19.1 Å². The molecule has 0 bridgehead atoms. The topological polar surface area (TPSA) is 67.7 Å². The third-order valence-corrected chi connectivity index (χ3v) is 4.60. The third-order valence-electron chi connectivity index (χ3n) is 4.60. The van der Waals surface area contributed by atoms with Crippen molar-refractivity contribution in [3.63, 3.8) is 0 Å². The monoisotopic (exact) mass is 342 g/mol. The molecule has 0 N–H and O–H groups in total. The first kappa shape index (κ1) is 17.0. The van der Waals surface area contributed by atoms with Crippen LogP contribution in [0.2, 0.25) is 0 Å². The SMILES string of the molecule is COc1ccccc1C1CN(C(C)=O)CCN1C(=O)c1nccn1C. The van der Waals surface area contributed by atoms with Gasteiger partial charge in [-0.2, -0.15) is 0 Å². The fourth-order valence-corrected chi connectivity index (χ4v) is 3.22. The molecule has 25 heavy (non-hydrogen) atoms. The summed E-state index contributed by atoms with van der Waals surface area (Å²) in [5, 5.41) is 0. The van der Waals surface area contributed by atoms with Crippen LogP contribution in [0, 0.1) is 0 Å². The van der Waals surface area contributed by atoms with E-state index in [0.717, 1.165) is 5.56 Å². The van der Waals surface area contributed by atoms with Crippen molar-refractivity contribution < 1.29 is 14.3 Å². The number of amides is 2. The van der Waals surface area contributed by atoms with Crippen LogP contribution in [-0.4, -0.2) is 57.9 Å². The zero-order valence-corrected chi connectivity index (χ0v) is 14.7. The lowest BCUT2D eigenvalue weighted by molar-refractivity contribution is -0.131. The average Bonchev–Trinajstić information content (AvgIpc) is 3.06. The largest absolute Gasteiger partial charge is 0.496 e. The van der Waals surface area contributed by atoms with E-state index in [4.69, 9.17) is 4.74 Å². The smallest absolute Gasteiger partial charge is 0.290 e. The molecule has 1 aliphatic rings. The highest BCUT2D eigenvalue weighted by atomic mass is 16.5. The number of rotatable bonds is 3. The van der Waals surface area contributed by atoms with Gasteiger partial charge in [-0.15, -0.1) is 0 Å². The van der Waals surface area contributed by atoms with Gasteiger partial charge in [0.05, 0.1) is 13.2 Å². The summed E-state index contributed by atoms with van der Waals surface area (Å²) in [6.07, 6.45) is 3.36. The molecule has 1 atom stereocenters. The number of imidazole rings is 1. The van der Waals surface area contributed by atoms with Crippen LogP contribution >= 0.6 is 0 Å². The Morgan fingerprint density at radius 1 is 1.24 bits per heavy atom. The second-order valence-corrected chi connectivity index (χ2v) is 6.08. The van der Waals surface area contributed by atoms with Crippen molar-refractivity contribution in [3.8, 4) is 5.75 Å². The van der Waals surface area contributed by atoms with E-state index in [1.165, 1.54) is 0 Å². The Bertz CT molecular complexity index is 786. The standard InChI is InChI=1S/C18H22N4O3/c1-13(23)21-10-11-22(18(24)17-19-8-9-20(17)2)15(12-21)14-6-4-5-7-16(14)25-3/h4-9,15H,10-12H2,1-3H3. The summed E-state index contributed by atoms with van der Waals surface area (Å²) in [4.78, 5) is 32.6. The van der Waals surface area contributed by atoms with Crippen molar-refractivity contribution in [1.82, 2.24) is 19.4 Å². The Labute approximate surface area is 146 Å². The van der Waals surface area contributed by atoms with E-state index in [0.29, 0.717) is 31.2 Å². The van der Waals surface area contributed by atoms with Gasteiger partial charge in [-0.05, 0) is 6.07 Å². The van der Waals surface area contributed by atoms with Gasteiger partial charge in [0.1, 0.15) is 5.75 Å². The lowest BCUT2D eigenvalue weighted by Gasteiger charge is -2.41. The Morgan fingerprint density at radius 3 is 2.64 bits per heavy atom. The lowest BCUT2D eigenvalue weighted by Crippen LogP contribution is -2.52. The molecule has 132 valence electrons. The maximum Gasteiger partial charge on any atom is 0.290 e. The second kappa shape index (κ2) is 6.96. The number of ether oxygens (including phenoxy) is 1. The number of carbonyl (C=O) groups is 2. The van der Waals surface area contributed by atoms with Gasteiger partial charge in [0.2, 0.25) is 5.91 Å². The first-order chi connectivity index (χ1) is 12.0. The van der Waals surface area contributed by atoms with Crippen molar-refractivity contribution in [1.29, 1.82) is 0 Å². The van der Waals surface area contributed by atoms with E-state index in [2.05, 4.69) is 4.98 Å². The summed E-state index contributed by atoms with van der Waals surface area (Å²) in [5.41, 5.74) is 0.888. The van der Waals surface area contributed by atoms with Crippen LogP contribution in [0.5, 0.6) is 5.75 Å². The van der Waals surface area contributed by atoms with Gasteiger partial charge in [-0.3, -0.25) is 9.59 Å². The molecule has 7 heteroatoms. The Hall–Kier alpha value is -2.83. The van der Waals surface area contributed by atoms with E-state index < -0.39 is 0 Å². The number of nitrogens with zero attached hydrogens (tertiary/aromatic N) is 4. The van der Waals surface area contributed by atoms with Gasteiger partial charge in [-0.25, -0.2) is 4.98 Å². The van der Waals surface area contributed by atoms with Crippen LogP contribution in [0.4, 0.5) is 0 Å². The third kappa shape index (κ3) is 3.22. The molecule has 2 aromatic rings. The minimum absolute atomic E-state index is 0.00369. The van der Waals surface area contributed by atoms with E-state index in [1.807, 2.05) is 24.3 Å². The maximum atomic E-state index is 13.0. The van der Waals surface area contributed by atoms with Crippen LogP contribution in [0.1, 0.15) is 29.1 Å². The van der Waals surface area contributed by atoms with Crippen molar-refractivity contribution in [2.45, 2.75) is 13.0 Å². The van der Waals surface area contributed by atoms with Crippen LogP contribution in [0.3, 0.4) is 0 Å². The first-order valence-corrected chi connectivity index (χ1v) is 8.19. The van der Waals surface area contributed by atoms with Crippen molar-refractivity contribution in [2.24, 2.45) is 7.05 Å². The van der Waals surface area contributed by atoms with E-state index in [1.54, 1.807) is 47.8 Å². The van der Waals surface area contributed by atoms with E-state index >= 15 is 0 Å². The molecule has 1 fully saturated rings. The second-order valence-electron chi connectivity index (χ2n) is 6.08. The molecule has 1 aromatic carbocycles. The molecule has 1 aliphatic heterocycles. The minimum Gasteiger partial charge on any atom is -0.496 e.